The summed E-state index contributed by atoms with van der Waals surface area (Å²) in [6, 6.07) is 4.21. The molecule has 0 aliphatic rings. The van der Waals surface area contributed by atoms with Crippen LogP contribution in [0.4, 0.5) is 4.39 Å². The fourth-order valence-corrected chi connectivity index (χ4v) is 2.09. The zero-order valence-electron chi connectivity index (χ0n) is 10.9. The summed E-state index contributed by atoms with van der Waals surface area (Å²) in [5.41, 5.74) is 0.406. The predicted octanol–water partition coefficient (Wildman–Crippen LogP) is 2.48. The van der Waals surface area contributed by atoms with E-state index in [1.54, 1.807) is 13.3 Å². The average molecular weight is 285 g/mol. The molecule has 6 heteroatoms. The predicted molar refractivity (Wildman–Crippen MR) is 72.0 cm³/mol. The Morgan fingerprint density at radius 2 is 2.11 bits per heavy atom. The van der Waals surface area contributed by atoms with Gasteiger partial charge in [0.25, 0.3) is 5.91 Å². The van der Waals surface area contributed by atoms with Crippen LogP contribution in [-0.4, -0.2) is 41.7 Å². The van der Waals surface area contributed by atoms with Crippen LogP contribution in [0, 0.1) is 5.82 Å². The van der Waals surface area contributed by atoms with Gasteiger partial charge in [0, 0.05) is 30.5 Å². The van der Waals surface area contributed by atoms with Crippen molar-refractivity contribution in [2.75, 3.05) is 19.8 Å². The van der Waals surface area contributed by atoms with E-state index < -0.39 is 5.97 Å². The lowest BCUT2D eigenvalue weighted by molar-refractivity contribution is -0.137. The first-order valence-electron chi connectivity index (χ1n) is 5.76. The number of carboxylic acid groups (broad SMARTS) is 1. The highest BCUT2D eigenvalue weighted by atomic mass is 32.2. The van der Waals surface area contributed by atoms with Gasteiger partial charge in [-0.3, -0.25) is 9.59 Å². The third-order valence-electron chi connectivity index (χ3n) is 2.63. The number of amides is 1. The third-order valence-corrected chi connectivity index (χ3v) is 3.38. The highest BCUT2D eigenvalue weighted by Crippen LogP contribution is 2.21. The molecule has 0 unspecified atom stereocenters. The average Bonchev–Trinajstić information content (AvgIpc) is 2.38. The number of carboxylic acids is 1. The monoisotopic (exact) mass is 285 g/mol. The molecule has 0 aromatic heterocycles. The molecule has 1 N–H and O–H groups in total. The molecular weight excluding hydrogens is 269 g/mol. The van der Waals surface area contributed by atoms with Crippen molar-refractivity contribution in [3.8, 4) is 0 Å². The van der Waals surface area contributed by atoms with Crippen LogP contribution < -0.4 is 0 Å². The summed E-state index contributed by atoms with van der Waals surface area (Å²) in [4.78, 5) is 24.3. The lowest BCUT2D eigenvalue weighted by atomic mass is 10.2. The van der Waals surface area contributed by atoms with E-state index in [0.717, 1.165) is 0 Å². The van der Waals surface area contributed by atoms with Gasteiger partial charge in [-0.1, -0.05) is 0 Å². The summed E-state index contributed by atoms with van der Waals surface area (Å²) in [5.74, 6) is -1.47. The van der Waals surface area contributed by atoms with Crippen molar-refractivity contribution in [2.45, 2.75) is 17.7 Å². The molecular formula is C13H16FNO3S. The molecule has 0 saturated heterocycles. The van der Waals surface area contributed by atoms with Gasteiger partial charge in [0.05, 0.1) is 0 Å². The Bertz CT molecular complexity index is 479. The number of hydrogen-bond donors (Lipinski definition) is 1. The largest absolute Gasteiger partial charge is 0.481 e. The summed E-state index contributed by atoms with van der Waals surface area (Å²) in [6.45, 7) is 0.358. The van der Waals surface area contributed by atoms with Crippen LogP contribution >= 0.6 is 11.8 Å². The van der Waals surface area contributed by atoms with Gasteiger partial charge in [0.1, 0.15) is 5.82 Å². The molecule has 1 aromatic carbocycles. The topological polar surface area (TPSA) is 57.6 Å². The van der Waals surface area contributed by atoms with Crippen molar-refractivity contribution in [2.24, 2.45) is 0 Å². The molecule has 104 valence electrons. The quantitative estimate of drug-likeness (QED) is 0.816. The highest BCUT2D eigenvalue weighted by Gasteiger charge is 2.13. The Kier molecular flexibility index (Phi) is 5.82. The second kappa shape index (κ2) is 7.13. The highest BCUT2D eigenvalue weighted by molar-refractivity contribution is 7.98. The molecule has 1 amide bonds. The Hall–Kier alpha value is -1.56. The van der Waals surface area contributed by atoms with Crippen molar-refractivity contribution < 1.29 is 19.1 Å². The summed E-state index contributed by atoms with van der Waals surface area (Å²) in [6.07, 6.45) is 2.16. The normalized spacial score (nSPS) is 10.3. The Morgan fingerprint density at radius 3 is 2.68 bits per heavy atom. The summed E-state index contributed by atoms with van der Waals surface area (Å²) < 4.78 is 13.3. The van der Waals surface area contributed by atoms with E-state index in [2.05, 4.69) is 0 Å². The number of nitrogens with zero attached hydrogens (tertiary/aromatic N) is 1. The van der Waals surface area contributed by atoms with E-state index in [-0.39, 0.29) is 18.1 Å². The number of carbonyl (C=O) groups is 2. The number of hydrogen-bond acceptors (Lipinski definition) is 3. The molecule has 0 spiro atoms. The first-order chi connectivity index (χ1) is 8.95. The van der Waals surface area contributed by atoms with Gasteiger partial charge in [-0.05, 0) is 30.9 Å². The molecule has 0 heterocycles. The fourth-order valence-electron chi connectivity index (χ4n) is 1.58. The van der Waals surface area contributed by atoms with Crippen LogP contribution in [0.5, 0.6) is 0 Å². The molecule has 4 nitrogen and oxygen atoms in total. The number of carbonyl (C=O) groups excluding carboxylic acids is 1. The van der Waals surface area contributed by atoms with E-state index >= 15 is 0 Å². The van der Waals surface area contributed by atoms with Gasteiger partial charge in [-0.25, -0.2) is 4.39 Å². The van der Waals surface area contributed by atoms with E-state index in [1.807, 2.05) is 0 Å². The molecule has 0 fully saturated rings. The second-order valence-electron chi connectivity index (χ2n) is 4.07. The van der Waals surface area contributed by atoms with Crippen molar-refractivity contribution in [1.82, 2.24) is 4.90 Å². The lowest BCUT2D eigenvalue weighted by Gasteiger charge is -2.17. The first kappa shape index (κ1) is 15.5. The standard InChI is InChI=1S/C13H16FNO3S/c1-15(7-3-4-12(16)17)13(18)9-5-6-10(14)11(8-9)19-2/h5-6,8H,3-4,7H2,1-2H3,(H,16,17). The minimum Gasteiger partial charge on any atom is -0.481 e. The number of aliphatic carboxylic acids is 1. The number of thioether (sulfide) groups is 1. The minimum absolute atomic E-state index is 0.0249. The summed E-state index contributed by atoms with van der Waals surface area (Å²) >= 11 is 1.24. The minimum atomic E-state index is -0.882. The molecule has 1 rings (SSSR count). The molecule has 0 bridgehead atoms. The molecule has 19 heavy (non-hydrogen) atoms. The van der Waals surface area contributed by atoms with Crippen LogP contribution in [0.3, 0.4) is 0 Å². The summed E-state index contributed by atoms with van der Waals surface area (Å²) in [7, 11) is 1.60. The Labute approximate surface area is 115 Å². The molecule has 0 radical (unpaired) electrons. The summed E-state index contributed by atoms with van der Waals surface area (Å²) in [5, 5.41) is 8.53. The molecule has 0 saturated carbocycles. The SMILES string of the molecule is CSc1cc(C(=O)N(C)CCCC(=O)O)ccc1F. The zero-order valence-corrected chi connectivity index (χ0v) is 11.7. The van der Waals surface area contributed by atoms with Crippen molar-refractivity contribution in [3.05, 3.63) is 29.6 Å². The molecule has 0 atom stereocenters. The van der Waals surface area contributed by atoms with Gasteiger partial charge < -0.3 is 10.0 Å². The number of halogens is 1. The fraction of sp³-hybridized carbons (Fsp3) is 0.385. The zero-order chi connectivity index (χ0) is 14.4. The van der Waals surface area contributed by atoms with Crippen molar-refractivity contribution in [3.63, 3.8) is 0 Å². The van der Waals surface area contributed by atoms with Crippen LogP contribution in [0.15, 0.2) is 23.1 Å². The number of rotatable bonds is 6. The molecule has 0 aliphatic carbocycles. The smallest absolute Gasteiger partial charge is 0.303 e. The Morgan fingerprint density at radius 1 is 1.42 bits per heavy atom. The van der Waals surface area contributed by atoms with Crippen molar-refractivity contribution >= 4 is 23.6 Å². The van der Waals surface area contributed by atoms with Crippen molar-refractivity contribution in [1.29, 1.82) is 0 Å². The van der Waals surface area contributed by atoms with E-state index in [4.69, 9.17) is 5.11 Å². The molecule has 0 aliphatic heterocycles. The van der Waals surface area contributed by atoms with E-state index in [1.165, 1.54) is 34.9 Å². The van der Waals surface area contributed by atoms with E-state index in [0.29, 0.717) is 23.4 Å². The van der Waals surface area contributed by atoms with Gasteiger partial charge in [-0.2, -0.15) is 0 Å². The lowest BCUT2D eigenvalue weighted by Crippen LogP contribution is -2.28. The molecule has 1 aromatic rings. The van der Waals surface area contributed by atoms with Gasteiger partial charge in [0.2, 0.25) is 0 Å². The van der Waals surface area contributed by atoms with Crippen LogP contribution in [-0.2, 0) is 4.79 Å². The van der Waals surface area contributed by atoms with Gasteiger partial charge >= 0.3 is 5.97 Å². The second-order valence-corrected chi connectivity index (χ2v) is 4.92. The van der Waals surface area contributed by atoms with E-state index in [9.17, 15) is 14.0 Å². The van der Waals surface area contributed by atoms with Gasteiger partial charge in [0.15, 0.2) is 0 Å². The van der Waals surface area contributed by atoms with Crippen LogP contribution in [0.25, 0.3) is 0 Å². The maximum Gasteiger partial charge on any atom is 0.303 e. The maximum atomic E-state index is 13.3. The number of benzene rings is 1. The van der Waals surface area contributed by atoms with Crippen LogP contribution in [0.1, 0.15) is 23.2 Å². The third kappa shape index (κ3) is 4.55. The maximum absolute atomic E-state index is 13.3. The first-order valence-corrected chi connectivity index (χ1v) is 6.99. The Balaban J connectivity index is 2.68. The van der Waals surface area contributed by atoms with Gasteiger partial charge in [-0.15, -0.1) is 11.8 Å². The van der Waals surface area contributed by atoms with Crippen LogP contribution in [0.2, 0.25) is 0 Å².